The number of nitrogens with zero attached hydrogens (tertiary/aromatic N) is 2. The summed E-state index contributed by atoms with van der Waals surface area (Å²) in [6.45, 7) is 0. The number of benzene rings is 2. The lowest BCUT2D eigenvalue weighted by Crippen LogP contribution is -2.18. The Kier molecular flexibility index (Phi) is 5.40. The third kappa shape index (κ3) is 4.25. The maximum Gasteiger partial charge on any atom is 0.307 e. The fourth-order valence-electron chi connectivity index (χ4n) is 3.24. The number of carboxylic acids is 1. The maximum atomic E-state index is 12.1. The van der Waals surface area contributed by atoms with E-state index in [0.717, 1.165) is 16.7 Å². The molecule has 0 aliphatic carbocycles. The molecule has 158 valence electrons. The first-order valence-electron chi connectivity index (χ1n) is 9.31. The van der Waals surface area contributed by atoms with Crippen molar-refractivity contribution in [3.63, 3.8) is 0 Å². The first-order valence-corrected chi connectivity index (χ1v) is 10.8. The Labute approximate surface area is 178 Å². The van der Waals surface area contributed by atoms with Gasteiger partial charge in [-0.2, -0.15) is 0 Å². The normalized spacial score (nSPS) is 11.5. The van der Waals surface area contributed by atoms with Gasteiger partial charge in [-0.3, -0.25) is 4.79 Å². The predicted molar refractivity (Wildman–Crippen MR) is 116 cm³/mol. The number of rotatable bonds is 7. The minimum Gasteiger partial charge on any atom is -0.481 e. The number of H-pyrrole nitrogens is 1. The Bertz CT molecular complexity index is 1320. The second-order valence-electron chi connectivity index (χ2n) is 6.77. The molecule has 4 rings (SSSR count). The van der Waals surface area contributed by atoms with Crippen molar-refractivity contribution in [3.05, 3.63) is 66.6 Å². The van der Waals surface area contributed by atoms with Crippen molar-refractivity contribution in [3.8, 4) is 22.5 Å². The molecular weight excluding hydrogens is 418 g/mol. The van der Waals surface area contributed by atoms with Crippen LogP contribution in [-0.2, 0) is 21.2 Å². The van der Waals surface area contributed by atoms with Gasteiger partial charge in [-0.1, -0.05) is 30.3 Å². The Hall–Kier alpha value is -3.76. The van der Waals surface area contributed by atoms with Crippen molar-refractivity contribution >= 4 is 27.5 Å². The molecule has 31 heavy (non-hydrogen) atoms. The zero-order valence-electron chi connectivity index (χ0n) is 16.5. The largest absolute Gasteiger partial charge is 0.481 e. The number of hydrogen-bond donors (Lipinski definition) is 4. The van der Waals surface area contributed by atoms with Gasteiger partial charge in [-0.25, -0.2) is 23.1 Å². The molecule has 0 radical (unpaired) electrons. The summed E-state index contributed by atoms with van der Waals surface area (Å²) in [5.74, 6) is 0.233. The van der Waals surface area contributed by atoms with Gasteiger partial charge in [0.05, 0.1) is 23.2 Å². The molecule has 0 aromatic heterocycles. The number of aromatic amines is 1. The fraction of sp³-hybridized carbons (Fsp3) is 0.0952. The number of carboxylic acid groups (broad SMARTS) is 1. The van der Waals surface area contributed by atoms with E-state index in [4.69, 9.17) is 5.11 Å². The van der Waals surface area contributed by atoms with Crippen molar-refractivity contribution in [1.82, 2.24) is 19.7 Å². The lowest BCUT2D eigenvalue weighted by molar-refractivity contribution is -0.136. The minimum absolute atomic E-state index is 0.0473. The number of nitrogens with one attached hydrogen (secondary N) is 3. The Morgan fingerprint density at radius 3 is 2.61 bits per heavy atom. The van der Waals surface area contributed by atoms with E-state index in [0.29, 0.717) is 22.9 Å². The molecule has 0 bridgehead atoms. The van der Waals surface area contributed by atoms with Gasteiger partial charge >= 0.3 is 5.97 Å². The monoisotopic (exact) mass is 437 g/mol. The number of sulfonamides is 1. The van der Waals surface area contributed by atoms with E-state index in [2.05, 4.69) is 25.0 Å². The van der Waals surface area contributed by atoms with Crippen LogP contribution < -0.4 is 10.0 Å². The summed E-state index contributed by atoms with van der Waals surface area (Å²) in [4.78, 5) is 22.8. The van der Waals surface area contributed by atoms with Crippen LogP contribution in [0.25, 0.3) is 22.5 Å². The highest BCUT2D eigenvalue weighted by Crippen LogP contribution is 2.37. The molecule has 0 atom stereocenters. The van der Waals surface area contributed by atoms with Gasteiger partial charge in [-0.15, -0.1) is 0 Å². The number of fused-ring (bicyclic) bond motifs is 1. The van der Waals surface area contributed by atoms with Crippen molar-refractivity contribution in [2.75, 3.05) is 12.4 Å². The quantitative estimate of drug-likeness (QED) is 0.349. The van der Waals surface area contributed by atoms with E-state index >= 15 is 0 Å². The van der Waals surface area contributed by atoms with Crippen LogP contribution in [0, 0.1) is 0 Å². The molecule has 2 aromatic rings. The number of carbonyl (C=O) groups is 1. The molecule has 0 saturated carbocycles. The van der Waals surface area contributed by atoms with Crippen LogP contribution in [0.15, 0.2) is 66.0 Å². The second-order valence-corrected chi connectivity index (χ2v) is 8.66. The molecule has 2 aliphatic rings. The van der Waals surface area contributed by atoms with Crippen molar-refractivity contribution < 1.29 is 18.3 Å². The van der Waals surface area contributed by atoms with Gasteiger partial charge in [0.1, 0.15) is 11.6 Å². The predicted octanol–water partition coefficient (Wildman–Crippen LogP) is 2.86. The number of aliphatic carboxylic acids is 1. The molecular formula is C21H19N5O4S. The molecule has 2 heterocycles. The van der Waals surface area contributed by atoms with Crippen LogP contribution in [0.1, 0.15) is 5.56 Å². The smallest absolute Gasteiger partial charge is 0.307 e. The molecule has 0 amide bonds. The van der Waals surface area contributed by atoms with Crippen LogP contribution >= 0.6 is 0 Å². The zero-order chi connectivity index (χ0) is 22.0. The SMILES string of the molecule is CNS(=O)(=O)c1cccc(Nc2nc[nH]c3ncc(-c4ccc(CC(=O)O)cc4)c2-3)c1. The van der Waals surface area contributed by atoms with Crippen LogP contribution in [0.5, 0.6) is 0 Å². The third-order valence-corrected chi connectivity index (χ3v) is 6.17. The van der Waals surface area contributed by atoms with Crippen LogP contribution in [0.3, 0.4) is 0 Å². The first kappa shape index (κ1) is 20.5. The molecule has 2 aromatic carbocycles. The van der Waals surface area contributed by atoms with Crippen molar-refractivity contribution in [2.24, 2.45) is 0 Å². The average Bonchev–Trinajstić information content (AvgIpc) is 3.19. The number of anilines is 2. The van der Waals surface area contributed by atoms with E-state index in [1.54, 1.807) is 30.5 Å². The lowest BCUT2D eigenvalue weighted by Gasteiger charge is -2.13. The molecule has 0 fully saturated rings. The van der Waals surface area contributed by atoms with Crippen LogP contribution in [0.2, 0.25) is 0 Å². The Morgan fingerprint density at radius 1 is 1.13 bits per heavy atom. The summed E-state index contributed by atoms with van der Waals surface area (Å²) in [6.07, 6.45) is 3.17. The van der Waals surface area contributed by atoms with Crippen LogP contribution in [-0.4, -0.2) is 41.5 Å². The standard InChI is InChI=1S/C21H19N5O4S/c1-22-31(29,30)16-4-2-3-15(10-16)26-21-19-17(11-23-20(19)24-12-25-21)14-7-5-13(6-8-14)9-18(27)28/h2-8,10-12,22H,9H2,1H3,(H,27,28)(H2,23,24,25,26). The van der Waals surface area contributed by atoms with Gasteiger partial charge in [-0.05, 0) is 36.4 Å². The lowest BCUT2D eigenvalue weighted by atomic mass is 10.0. The number of hydrogen-bond acceptors (Lipinski definition) is 6. The summed E-state index contributed by atoms with van der Waals surface area (Å²) in [5, 5.41) is 12.1. The highest BCUT2D eigenvalue weighted by atomic mass is 32.2. The second kappa shape index (κ2) is 8.17. The molecule has 10 heteroatoms. The number of aromatic nitrogens is 3. The van der Waals surface area contributed by atoms with E-state index in [-0.39, 0.29) is 11.3 Å². The van der Waals surface area contributed by atoms with E-state index in [9.17, 15) is 13.2 Å². The minimum atomic E-state index is -3.58. The summed E-state index contributed by atoms with van der Waals surface area (Å²) in [5.41, 5.74) is 3.65. The summed E-state index contributed by atoms with van der Waals surface area (Å²) >= 11 is 0. The highest BCUT2D eigenvalue weighted by molar-refractivity contribution is 7.89. The van der Waals surface area contributed by atoms with Gasteiger partial charge in [0, 0.05) is 17.4 Å². The summed E-state index contributed by atoms with van der Waals surface area (Å²) in [6, 6.07) is 13.6. The van der Waals surface area contributed by atoms with Gasteiger partial charge < -0.3 is 15.4 Å². The van der Waals surface area contributed by atoms with E-state index < -0.39 is 16.0 Å². The molecule has 0 unspecified atom stereocenters. The van der Waals surface area contributed by atoms with Gasteiger partial charge in [0.25, 0.3) is 0 Å². The van der Waals surface area contributed by atoms with Gasteiger partial charge in [0.15, 0.2) is 0 Å². The zero-order valence-corrected chi connectivity index (χ0v) is 17.3. The molecule has 9 nitrogen and oxygen atoms in total. The summed E-state index contributed by atoms with van der Waals surface area (Å²) in [7, 11) is -2.22. The molecule has 0 saturated heterocycles. The third-order valence-electron chi connectivity index (χ3n) is 4.76. The van der Waals surface area contributed by atoms with Crippen molar-refractivity contribution in [2.45, 2.75) is 11.3 Å². The Balaban J connectivity index is 1.71. The first-order chi connectivity index (χ1) is 14.9. The summed E-state index contributed by atoms with van der Waals surface area (Å²) < 4.78 is 26.5. The fourth-order valence-corrected chi connectivity index (χ4v) is 4.02. The molecule has 0 spiro atoms. The van der Waals surface area contributed by atoms with E-state index in [1.165, 1.54) is 25.5 Å². The van der Waals surface area contributed by atoms with Crippen LogP contribution in [0.4, 0.5) is 11.5 Å². The van der Waals surface area contributed by atoms with Gasteiger partial charge in [0.2, 0.25) is 10.0 Å². The highest BCUT2D eigenvalue weighted by Gasteiger charge is 2.20. The molecule has 2 aliphatic heterocycles. The topological polar surface area (TPSA) is 137 Å². The average molecular weight is 437 g/mol. The van der Waals surface area contributed by atoms with Crippen molar-refractivity contribution in [1.29, 1.82) is 0 Å². The van der Waals surface area contributed by atoms with E-state index in [1.807, 2.05) is 12.1 Å². The molecule has 4 N–H and O–H groups in total. The maximum absolute atomic E-state index is 12.1. The Morgan fingerprint density at radius 2 is 1.90 bits per heavy atom.